The van der Waals surface area contributed by atoms with Crippen LogP contribution in [0.4, 0.5) is 4.79 Å². The molecule has 0 fully saturated rings. The molecule has 1 rings (SSSR count). The highest BCUT2D eigenvalue weighted by atomic mass is 16.6. The van der Waals surface area contributed by atoms with Crippen molar-refractivity contribution in [1.82, 2.24) is 5.32 Å². The number of rotatable bonds is 5. The van der Waals surface area contributed by atoms with E-state index >= 15 is 0 Å². The van der Waals surface area contributed by atoms with E-state index in [9.17, 15) is 9.59 Å². The third-order valence-corrected chi connectivity index (χ3v) is 2.23. The quantitative estimate of drug-likeness (QED) is 0.765. The lowest BCUT2D eigenvalue weighted by Gasteiger charge is -2.19. The SMILES string of the molecule is CC(C)(C)OC(=O)NCCCC(=O)C1=CCCO1. The van der Waals surface area contributed by atoms with Gasteiger partial charge in [0.15, 0.2) is 11.5 Å². The van der Waals surface area contributed by atoms with Crippen LogP contribution in [-0.4, -0.2) is 30.6 Å². The Balaban J connectivity index is 2.11. The number of hydrogen-bond acceptors (Lipinski definition) is 4. The highest BCUT2D eigenvalue weighted by molar-refractivity contribution is 5.93. The van der Waals surface area contributed by atoms with Crippen molar-refractivity contribution in [2.45, 2.75) is 45.6 Å². The number of hydrogen-bond donors (Lipinski definition) is 1. The Morgan fingerprint density at radius 3 is 2.72 bits per heavy atom. The van der Waals surface area contributed by atoms with Gasteiger partial charge in [-0.25, -0.2) is 4.79 Å². The molecule has 0 saturated heterocycles. The van der Waals surface area contributed by atoms with Gasteiger partial charge in [-0.2, -0.15) is 0 Å². The summed E-state index contributed by atoms with van der Waals surface area (Å²) < 4.78 is 10.2. The van der Waals surface area contributed by atoms with Crippen LogP contribution in [0.5, 0.6) is 0 Å². The van der Waals surface area contributed by atoms with Crippen LogP contribution < -0.4 is 5.32 Å². The van der Waals surface area contributed by atoms with E-state index in [1.807, 2.05) is 6.08 Å². The second-order valence-corrected chi connectivity index (χ2v) is 5.16. The van der Waals surface area contributed by atoms with Gasteiger partial charge in [0.2, 0.25) is 0 Å². The minimum absolute atomic E-state index is 0.00140. The first-order valence-corrected chi connectivity index (χ1v) is 6.21. The molecule has 102 valence electrons. The fraction of sp³-hybridized carbons (Fsp3) is 0.692. The highest BCUT2D eigenvalue weighted by Crippen LogP contribution is 2.12. The zero-order valence-electron chi connectivity index (χ0n) is 11.2. The van der Waals surface area contributed by atoms with Crippen molar-refractivity contribution in [3.63, 3.8) is 0 Å². The van der Waals surface area contributed by atoms with Gasteiger partial charge in [-0.1, -0.05) is 0 Å². The average molecular weight is 255 g/mol. The smallest absolute Gasteiger partial charge is 0.407 e. The molecule has 0 aliphatic carbocycles. The first-order valence-electron chi connectivity index (χ1n) is 6.21. The normalized spacial score (nSPS) is 14.7. The number of ether oxygens (including phenoxy) is 2. The number of carbonyl (C=O) groups is 2. The van der Waals surface area contributed by atoms with Crippen molar-refractivity contribution in [3.8, 4) is 0 Å². The Morgan fingerprint density at radius 2 is 2.17 bits per heavy atom. The fourth-order valence-corrected chi connectivity index (χ4v) is 1.49. The summed E-state index contributed by atoms with van der Waals surface area (Å²) in [4.78, 5) is 22.9. The van der Waals surface area contributed by atoms with Crippen LogP contribution in [0.25, 0.3) is 0 Å². The summed E-state index contributed by atoms with van der Waals surface area (Å²) in [6, 6.07) is 0. The van der Waals surface area contributed by atoms with Crippen molar-refractivity contribution in [3.05, 3.63) is 11.8 Å². The zero-order valence-corrected chi connectivity index (χ0v) is 11.2. The van der Waals surface area contributed by atoms with E-state index in [-0.39, 0.29) is 5.78 Å². The molecular weight excluding hydrogens is 234 g/mol. The zero-order chi connectivity index (χ0) is 13.6. The Kier molecular flexibility index (Phi) is 5.19. The predicted octanol–water partition coefficient (Wildman–Crippen LogP) is 2.16. The molecule has 1 N–H and O–H groups in total. The molecule has 1 amide bonds. The topological polar surface area (TPSA) is 64.6 Å². The molecule has 18 heavy (non-hydrogen) atoms. The van der Waals surface area contributed by atoms with Gasteiger partial charge in [0.1, 0.15) is 5.60 Å². The average Bonchev–Trinajstić information content (AvgIpc) is 2.74. The maximum Gasteiger partial charge on any atom is 0.407 e. The largest absolute Gasteiger partial charge is 0.490 e. The molecule has 5 heteroatoms. The summed E-state index contributed by atoms with van der Waals surface area (Å²) in [6.07, 6.45) is 3.12. The van der Waals surface area contributed by atoms with Crippen molar-refractivity contribution < 1.29 is 19.1 Å². The van der Waals surface area contributed by atoms with E-state index in [2.05, 4.69) is 5.32 Å². The van der Waals surface area contributed by atoms with Crippen LogP contribution in [0.3, 0.4) is 0 Å². The van der Waals surface area contributed by atoms with Gasteiger partial charge in [0.25, 0.3) is 0 Å². The minimum atomic E-state index is -0.498. The van der Waals surface area contributed by atoms with Gasteiger partial charge in [-0.3, -0.25) is 4.79 Å². The van der Waals surface area contributed by atoms with Gasteiger partial charge in [-0.15, -0.1) is 0 Å². The molecule has 0 bridgehead atoms. The summed E-state index contributed by atoms with van der Waals surface area (Å²) >= 11 is 0. The standard InChI is InChI=1S/C13H21NO4/c1-13(2,3)18-12(16)14-8-4-6-10(15)11-7-5-9-17-11/h7H,4-6,8-9H2,1-3H3,(H,14,16). The fourth-order valence-electron chi connectivity index (χ4n) is 1.49. The van der Waals surface area contributed by atoms with Crippen LogP contribution in [0.2, 0.25) is 0 Å². The Hall–Kier alpha value is -1.52. The number of allylic oxidation sites excluding steroid dienone is 1. The summed E-state index contributed by atoms with van der Waals surface area (Å²) in [5, 5.41) is 2.61. The summed E-state index contributed by atoms with van der Waals surface area (Å²) in [6.45, 7) is 6.44. The first kappa shape index (κ1) is 14.5. The second-order valence-electron chi connectivity index (χ2n) is 5.16. The van der Waals surface area contributed by atoms with Crippen molar-refractivity contribution >= 4 is 11.9 Å². The number of alkyl carbamates (subject to hydrolysis) is 1. The molecule has 0 atom stereocenters. The van der Waals surface area contributed by atoms with E-state index < -0.39 is 11.7 Å². The van der Waals surface area contributed by atoms with Crippen LogP contribution in [0, 0.1) is 0 Å². The monoisotopic (exact) mass is 255 g/mol. The molecule has 0 aromatic rings. The van der Waals surface area contributed by atoms with Crippen molar-refractivity contribution in [2.75, 3.05) is 13.2 Å². The lowest BCUT2D eigenvalue weighted by molar-refractivity contribution is -0.118. The third kappa shape index (κ3) is 5.70. The first-order chi connectivity index (χ1) is 8.38. The molecule has 1 heterocycles. The molecule has 1 aliphatic heterocycles. The lowest BCUT2D eigenvalue weighted by Crippen LogP contribution is -2.33. The van der Waals surface area contributed by atoms with Gasteiger partial charge in [0, 0.05) is 19.4 Å². The highest BCUT2D eigenvalue weighted by Gasteiger charge is 2.16. The maximum atomic E-state index is 11.6. The van der Waals surface area contributed by atoms with Crippen molar-refractivity contribution in [1.29, 1.82) is 0 Å². The van der Waals surface area contributed by atoms with Crippen LogP contribution >= 0.6 is 0 Å². The van der Waals surface area contributed by atoms with Gasteiger partial charge in [-0.05, 0) is 33.3 Å². The maximum absolute atomic E-state index is 11.6. The molecule has 1 aliphatic rings. The van der Waals surface area contributed by atoms with E-state index in [0.29, 0.717) is 31.8 Å². The van der Waals surface area contributed by atoms with Crippen molar-refractivity contribution in [2.24, 2.45) is 0 Å². The Morgan fingerprint density at radius 1 is 1.44 bits per heavy atom. The molecule has 0 saturated carbocycles. The Labute approximate surface area is 108 Å². The van der Waals surface area contributed by atoms with E-state index in [1.54, 1.807) is 20.8 Å². The van der Waals surface area contributed by atoms with Gasteiger partial charge in [0.05, 0.1) is 6.61 Å². The third-order valence-electron chi connectivity index (χ3n) is 2.23. The second kappa shape index (κ2) is 6.42. The molecule has 0 aromatic heterocycles. The van der Waals surface area contributed by atoms with E-state index in [0.717, 1.165) is 6.42 Å². The van der Waals surface area contributed by atoms with Gasteiger partial charge < -0.3 is 14.8 Å². The van der Waals surface area contributed by atoms with Crippen LogP contribution in [0.1, 0.15) is 40.0 Å². The van der Waals surface area contributed by atoms with E-state index in [1.165, 1.54) is 0 Å². The number of Topliss-reactive ketones (excluding diaryl/α,β-unsaturated/α-hetero) is 1. The molecule has 5 nitrogen and oxygen atoms in total. The minimum Gasteiger partial charge on any atom is -0.490 e. The van der Waals surface area contributed by atoms with Gasteiger partial charge >= 0.3 is 6.09 Å². The number of ketones is 1. The molecule has 0 radical (unpaired) electrons. The number of nitrogens with one attached hydrogen (secondary N) is 1. The Bertz CT molecular complexity index is 341. The molecule has 0 aromatic carbocycles. The number of amides is 1. The summed E-state index contributed by atoms with van der Waals surface area (Å²) in [5.74, 6) is 0.464. The lowest BCUT2D eigenvalue weighted by atomic mass is 10.2. The summed E-state index contributed by atoms with van der Waals surface area (Å²) in [5.41, 5.74) is -0.498. The molecule has 0 spiro atoms. The predicted molar refractivity (Wildman–Crippen MR) is 67.1 cm³/mol. The molecule has 0 unspecified atom stereocenters. The number of carbonyl (C=O) groups excluding carboxylic acids is 2. The van der Waals surface area contributed by atoms with E-state index in [4.69, 9.17) is 9.47 Å². The van der Waals surface area contributed by atoms with Crippen LogP contribution in [-0.2, 0) is 14.3 Å². The van der Waals surface area contributed by atoms with Crippen LogP contribution in [0.15, 0.2) is 11.8 Å². The summed E-state index contributed by atoms with van der Waals surface area (Å²) in [7, 11) is 0. The molecular formula is C13H21NO4.